The fourth-order valence-corrected chi connectivity index (χ4v) is 4.03. The molecule has 27 heavy (non-hydrogen) atoms. The minimum absolute atomic E-state index is 0. The first-order chi connectivity index (χ1) is 12.6. The van der Waals surface area contributed by atoms with Crippen LogP contribution in [0.1, 0.15) is 36.4 Å². The van der Waals surface area contributed by atoms with Crippen molar-refractivity contribution >= 4 is 29.9 Å². The Labute approximate surface area is 171 Å². The molecule has 1 unspecified atom stereocenters. The Hall–Kier alpha value is -1.75. The first kappa shape index (κ1) is 21.5. The number of rotatable bonds is 6. The third-order valence-corrected chi connectivity index (χ3v) is 5.57. The minimum Gasteiger partial charge on any atom is -0.497 e. The van der Waals surface area contributed by atoms with E-state index in [0.717, 1.165) is 36.1 Å². The van der Waals surface area contributed by atoms with Gasteiger partial charge in [0, 0.05) is 10.9 Å². The maximum atomic E-state index is 13.0. The number of carbonyl (C=O) groups is 1. The summed E-state index contributed by atoms with van der Waals surface area (Å²) in [4.78, 5) is 13.0. The van der Waals surface area contributed by atoms with Crippen LogP contribution in [0.3, 0.4) is 0 Å². The van der Waals surface area contributed by atoms with Crippen LogP contribution < -0.4 is 15.8 Å². The van der Waals surface area contributed by atoms with Gasteiger partial charge in [-0.05, 0) is 54.6 Å². The minimum atomic E-state index is -0.328. The number of halogens is 2. The predicted molar refractivity (Wildman–Crippen MR) is 112 cm³/mol. The zero-order valence-corrected chi connectivity index (χ0v) is 16.9. The number of benzene rings is 2. The van der Waals surface area contributed by atoms with Crippen molar-refractivity contribution in [1.29, 1.82) is 0 Å². The maximum absolute atomic E-state index is 13.0. The van der Waals surface area contributed by atoms with Crippen molar-refractivity contribution in [2.24, 2.45) is 17.6 Å². The lowest BCUT2D eigenvalue weighted by Crippen LogP contribution is -2.37. The summed E-state index contributed by atoms with van der Waals surface area (Å²) in [6.07, 6.45) is 2.96. The van der Waals surface area contributed by atoms with Crippen LogP contribution in [0.5, 0.6) is 5.75 Å². The average molecular weight is 409 g/mol. The van der Waals surface area contributed by atoms with E-state index in [0.29, 0.717) is 11.6 Å². The molecule has 3 N–H and O–H groups in total. The molecule has 1 aliphatic carbocycles. The highest BCUT2D eigenvalue weighted by Crippen LogP contribution is 2.34. The van der Waals surface area contributed by atoms with Gasteiger partial charge >= 0.3 is 0 Å². The van der Waals surface area contributed by atoms with Gasteiger partial charge in [-0.1, -0.05) is 48.4 Å². The fourth-order valence-electron chi connectivity index (χ4n) is 3.78. The molecule has 0 aromatic heterocycles. The molecule has 0 radical (unpaired) electrons. The number of hydrogen-bond acceptors (Lipinski definition) is 3. The Morgan fingerprint density at radius 2 is 2.04 bits per heavy atom. The molecule has 6 heteroatoms. The Balaban J connectivity index is 0.00000261. The van der Waals surface area contributed by atoms with Gasteiger partial charge in [0.1, 0.15) is 5.75 Å². The molecule has 0 aliphatic heterocycles. The zero-order chi connectivity index (χ0) is 18.5. The standard InChI is InChI=1S/C21H25ClN2O2.ClH/c1-26-16-8-4-6-14(12-16)20(18-9-2-3-11-19(18)22)24-21(25)17-10-5-7-15(17)13-23;/h2-4,6,8-9,11-12,15,17,20H,5,7,10,13,23H2,1H3,(H,24,25);1H/t15-,17-,20?;/m1./s1. The van der Waals surface area contributed by atoms with E-state index < -0.39 is 0 Å². The van der Waals surface area contributed by atoms with Crippen LogP contribution in [0.25, 0.3) is 0 Å². The lowest BCUT2D eigenvalue weighted by molar-refractivity contribution is -0.126. The summed E-state index contributed by atoms with van der Waals surface area (Å²) in [6, 6.07) is 15.0. The Morgan fingerprint density at radius 1 is 1.26 bits per heavy atom. The monoisotopic (exact) mass is 408 g/mol. The highest BCUT2D eigenvalue weighted by molar-refractivity contribution is 6.31. The van der Waals surface area contributed by atoms with E-state index in [9.17, 15) is 4.79 Å². The molecule has 0 saturated heterocycles. The van der Waals surface area contributed by atoms with Gasteiger partial charge in [-0.15, -0.1) is 12.4 Å². The molecule has 0 spiro atoms. The van der Waals surface area contributed by atoms with E-state index in [-0.39, 0.29) is 36.2 Å². The first-order valence-electron chi connectivity index (χ1n) is 9.03. The van der Waals surface area contributed by atoms with Gasteiger partial charge in [0.2, 0.25) is 5.91 Å². The van der Waals surface area contributed by atoms with Crippen molar-refractivity contribution in [3.05, 3.63) is 64.7 Å². The number of ether oxygens (including phenoxy) is 1. The second-order valence-corrected chi connectivity index (χ2v) is 7.18. The van der Waals surface area contributed by atoms with E-state index in [1.54, 1.807) is 7.11 Å². The molecule has 4 nitrogen and oxygen atoms in total. The molecular formula is C21H26Cl2N2O2. The van der Waals surface area contributed by atoms with Gasteiger partial charge in [0.15, 0.2) is 0 Å². The number of nitrogens with one attached hydrogen (secondary N) is 1. The summed E-state index contributed by atoms with van der Waals surface area (Å²) in [6.45, 7) is 0.550. The molecule has 1 amide bonds. The van der Waals surface area contributed by atoms with Crippen molar-refractivity contribution in [3.63, 3.8) is 0 Å². The summed E-state index contributed by atoms with van der Waals surface area (Å²) in [5, 5.41) is 3.84. The molecule has 1 aliphatic rings. The molecule has 3 atom stereocenters. The van der Waals surface area contributed by atoms with E-state index in [1.807, 2.05) is 48.5 Å². The molecule has 0 bridgehead atoms. The van der Waals surface area contributed by atoms with Gasteiger partial charge < -0.3 is 15.8 Å². The molecular weight excluding hydrogens is 383 g/mol. The molecule has 2 aromatic rings. The van der Waals surface area contributed by atoms with Gasteiger partial charge in [-0.3, -0.25) is 4.79 Å². The van der Waals surface area contributed by atoms with E-state index in [1.165, 1.54) is 0 Å². The van der Waals surface area contributed by atoms with Crippen LogP contribution in [0.2, 0.25) is 5.02 Å². The second-order valence-electron chi connectivity index (χ2n) is 6.77. The SMILES string of the molecule is COc1cccc(C(NC(=O)[C@@H]2CCC[C@@H]2CN)c2ccccc2Cl)c1.Cl. The fraction of sp³-hybridized carbons (Fsp3) is 0.381. The quantitative estimate of drug-likeness (QED) is 0.746. The lowest BCUT2D eigenvalue weighted by atomic mass is 9.93. The maximum Gasteiger partial charge on any atom is 0.224 e. The Morgan fingerprint density at radius 3 is 2.74 bits per heavy atom. The third-order valence-electron chi connectivity index (χ3n) is 5.23. The normalized spacial score (nSPS) is 19.8. The van der Waals surface area contributed by atoms with Gasteiger partial charge in [0.25, 0.3) is 0 Å². The summed E-state index contributed by atoms with van der Waals surface area (Å²) in [5.41, 5.74) is 7.67. The van der Waals surface area contributed by atoms with Gasteiger partial charge in [-0.2, -0.15) is 0 Å². The van der Waals surface area contributed by atoms with Crippen LogP contribution in [0, 0.1) is 11.8 Å². The van der Waals surface area contributed by atoms with Crippen molar-refractivity contribution in [1.82, 2.24) is 5.32 Å². The largest absolute Gasteiger partial charge is 0.497 e. The smallest absolute Gasteiger partial charge is 0.224 e. The van der Waals surface area contributed by atoms with Crippen LogP contribution in [0.15, 0.2) is 48.5 Å². The van der Waals surface area contributed by atoms with E-state index in [2.05, 4.69) is 5.32 Å². The third kappa shape index (κ3) is 4.95. The lowest BCUT2D eigenvalue weighted by Gasteiger charge is -2.25. The van der Waals surface area contributed by atoms with Gasteiger partial charge in [-0.25, -0.2) is 0 Å². The van der Waals surface area contributed by atoms with E-state index in [4.69, 9.17) is 22.1 Å². The molecule has 146 valence electrons. The van der Waals surface area contributed by atoms with Crippen LogP contribution >= 0.6 is 24.0 Å². The summed E-state index contributed by atoms with van der Waals surface area (Å²) >= 11 is 6.44. The van der Waals surface area contributed by atoms with Crippen LogP contribution in [-0.4, -0.2) is 19.6 Å². The number of nitrogens with two attached hydrogens (primary N) is 1. The molecule has 0 heterocycles. The number of amides is 1. The summed E-state index contributed by atoms with van der Waals surface area (Å²) in [7, 11) is 1.63. The van der Waals surface area contributed by atoms with Crippen molar-refractivity contribution in [3.8, 4) is 5.75 Å². The highest BCUT2D eigenvalue weighted by Gasteiger charge is 2.33. The number of methoxy groups -OCH3 is 1. The van der Waals surface area contributed by atoms with Crippen molar-refractivity contribution < 1.29 is 9.53 Å². The van der Waals surface area contributed by atoms with Crippen molar-refractivity contribution in [2.75, 3.05) is 13.7 Å². The van der Waals surface area contributed by atoms with Crippen LogP contribution in [-0.2, 0) is 4.79 Å². The topological polar surface area (TPSA) is 64.3 Å². The molecule has 1 fully saturated rings. The molecule has 2 aromatic carbocycles. The highest BCUT2D eigenvalue weighted by atomic mass is 35.5. The molecule has 3 rings (SSSR count). The van der Waals surface area contributed by atoms with Crippen molar-refractivity contribution in [2.45, 2.75) is 25.3 Å². The summed E-state index contributed by atoms with van der Waals surface area (Å²) in [5.74, 6) is 1.02. The second kappa shape index (κ2) is 9.98. The predicted octanol–water partition coefficient (Wildman–Crippen LogP) is 4.35. The number of hydrogen-bond donors (Lipinski definition) is 2. The molecule has 1 saturated carbocycles. The summed E-state index contributed by atoms with van der Waals surface area (Å²) < 4.78 is 5.35. The Kier molecular flexibility index (Phi) is 7.96. The Bertz CT molecular complexity index is 769. The number of carbonyl (C=O) groups excluding carboxylic acids is 1. The zero-order valence-electron chi connectivity index (χ0n) is 15.4. The first-order valence-corrected chi connectivity index (χ1v) is 9.40. The average Bonchev–Trinajstić information content (AvgIpc) is 3.15. The van der Waals surface area contributed by atoms with E-state index >= 15 is 0 Å². The van der Waals surface area contributed by atoms with Crippen LogP contribution in [0.4, 0.5) is 0 Å². The van der Waals surface area contributed by atoms with Gasteiger partial charge in [0.05, 0.1) is 13.2 Å².